The fourth-order valence-corrected chi connectivity index (χ4v) is 2.19. The normalized spacial score (nSPS) is 14.5. The Morgan fingerprint density at radius 1 is 1.33 bits per heavy atom. The highest BCUT2D eigenvalue weighted by atomic mass is 16.1. The highest BCUT2D eigenvalue weighted by Gasteiger charge is 2.17. The molecule has 1 amide bonds. The van der Waals surface area contributed by atoms with Gasteiger partial charge in [0.2, 0.25) is 5.91 Å². The number of nitrogens with one attached hydrogen (secondary N) is 2. The van der Waals surface area contributed by atoms with Gasteiger partial charge in [0, 0.05) is 11.2 Å². The lowest BCUT2D eigenvalue weighted by atomic mass is 10.0. The molecule has 1 aliphatic heterocycles. The van der Waals surface area contributed by atoms with Crippen LogP contribution in [0.15, 0.2) is 18.2 Å². The highest BCUT2D eigenvalue weighted by molar-refractivity contribution is 5.99. The Morgan fingerprint density at radius 3 is 2.83 bits per heavy atom. The lowest BCUT2D eigenvalue weighted by Gasteiger charge is -2.20. The third-order valence-electron chi connectivity index (χ3n) is 3.09. The Labute approximate surface area is 109 Å². The van der Waals surface area contributed by atoms with Crippen molar-refractivity contribution >= 4 is 11.6 Å². The number of rotatable bonds is 4. The molecule has 0 saturated carbocycles. The zero-order valence-electron chi connectivity index (χ0n) is 11.5. The number of carbonyl (C=O) groups is 1. The summed E-state index contributed by atoms with van der Waals surface area (Å²) in [5.74, 6) is 0.108. The SMILES string of the molecule is CC(C)(C)NCCCc1ccc2c(c1)CC(=O)N2. The molecule has 0 spiro atoms. The van der Waals surface area contributed by atoms with Gasteiger partial charge in [-0.3, -0.25) is 4.79 Å². The molecule has 3 nitrogen and oxygen atoms in total. The molecule has 0 fully saturated rings. The van der Waals surface area contributed by atoms with Crippen molar-refractivity contribution in [2.45, 2.75) is 45.6 Å². The molecule has 98 valence electrons. The van der Waals surface area contributed by atoms with Crippen molar-refractivity contribution in [3.05, 3.63) is 29.3 Å². The number of hydrogen-bond acceptors (Lipinski definition) is 2. The van der Waals surface area contributed by atoms with Gasteiger partial charge in [-0.05, 0) is 57.4 Å². The van der Waals surface area contributed by atoms with Crippen molar-refractivity contribution in [2.24, 2.45) is 0 Å². The third-order valence-corrected chi connectivity index (χ3v) is 3.09. The van der Waals surface area contributed by atoms with Gasteiger partial charge in [0.1, 0.15) is 0 Å². The van der Waals surface area contributed by atoms with Gasteiger partial charge in [-0.2, -0.15) is 0 Å². The van der Waals surface area contributed by atoms with Crippen molar-refractivity contribution in [1.29, 1.82) is 0 Å². The van der Waals surface area contributed by atoms with E-state index in [1.54, 1.807) is 0 Å². The van der Waals surface area contributed by atoms with Gasteiger partial charge >= 0.3 is 0 Å². The number of carbonyl (C=O) groups excluding carboxylic acids is 1. The summed E-state index contributed by atoms with van der Waals surface area (Å²) in [5, 5.41) is 6.35. The molecule has 1 aromatic carbocycles. The van der Waals surface area contributed by atoms with Crippen LogP contribution in [0.5, 0.6) is 0 Å². The molecular weight excluding hydrogens is 224 g/mol. The van der Waals surface area contributed by atoms with Crippen LogP contribution in [-0.4, -0.2) is 18.0 Å². The minimum absolute atomic E-state index is 0.108. The minimum Gasteiger partial charge on any atom is -0.326 e. The van der Waals surface area contributed by atoms with E-state index in [1.165, 1.54) is 5.56 Å². The Bertz CT molecular complexity index is 446. The van der Waals surface area contributed by atoms with Gasteiger partial charge in [0.05, 0.1) is 6.42 Å². The van der Waals surface area contributed by atoms with Crippen LogP contribution in [0.25, 0.3) is 0 Å². The summed E-state index contributed by atoms with van der Waals surface area (Å²) in [6.07, 6.45) is 2.71. The average Bonchev–Trinajstić information content (AvgIpc) is 2.62. The summed E-state index contributed by atoms with van der Waals surface area (Å²) in [6, 6.07) is 6.29. The number of amides is 1. The van der Waals surface area contributed by atoms with Gasteiger partial charge in [0.15, 0.2) is 0 Å². The standard InChI is InChI=1S/C15H22N2O/c1-15(2,3)16-8-4-5-11-6-7-13-12(9-11)10-14(18)17-13/h6-7,9,16H,4-5,8,10H2,1-3H3,(H,17,18). The minimum atomic E-state index is 0.108. The second-order valence-corrected chi connectivity index (χ2v) is 6.00. The molecule has 0 radical (unpaired) electrons. The first-order valence-corrected chi connectivity index (χ1v) is 6.61. The lowest BCUT2D eigenvalue weighted by molar-refractivity contribution is -0.115. The zero-order chi connectivity index (χ0) is 13.2. The summed E-state index contributed by atoms with van der Waals surface area (Å²) >= 11 is 0. The maximum absolute atomic E-state index is 11.3. The van der Waals surface area contributed by atoms with Gasteiger partial charge in [-0.25, -0.2) is 0 Å². The second-order valence-electron chi connectivity index (χ2n) is 6.00. The fraction of sp³-hybridized carbons (Fsp3) is 0.533. The molecule has 0 aliphatic carbocycles. The van der Waals surface area contributed by atoms with E-state index in [-0.39, 0.29) is 11.4 Å². The molecule has 0 saturated heterocycles. The van der Waals surface area contributed by atoms with E-state index in [0.717, 1.165) is 30.6 Å². The molecule has 2 N–H and O–H groups in total. The number of fused-ring (bicyclic) bond motifs is 1. The summed E-state index contributed by atoms with van der Waals surface area (Å²) in [7, 11) is 0. The Hall–Kier alpha value is -1.35. The molecule has 1 aliphatic rings. The smallest absolute Gasteiger partial charge is 0.228 e. The fourth-order valence-electron chi connectivity index (χ4n) is 2.19. The molecule has 0 bridgehead atoms. The van der Waals surface area contributed by atoms with E-state index in [1.807, 2.05) is 6.07 Å². The zero-order valence-corrected chi connectivity index (χ0v) is 11.5. The molecular formula is C15H22N2O. The quantitative estimate of drug-likeness (QED) is 0.801. The van der Waals surface area contributed by atoms with Crippen molar-refractivity contribution in [2.75, 3.05) is 11.9 Å². The first kappa shape index (κ1) is 13.1. The molecule has 3 heteroatoms. The summed E-state index contributed by atoms with van der Waals surface area (Å²) in [4.78, 5) is 11.3. The van der Waals surface area contributed by atoms with Gasteiger partial charge in [0.25, 0.3) is 0 Å². The number of benzene rings is 1. The maximum atomic E-state index is 11.3. The predicted molar refractivity (Wildman–Crippen MR) is 74.9 cm³/mol. The van der Waals surface area contributed by atoms with E-state index in [4.69, 9.17) is 0 Å². The first-order valence-electron chi connectivity index (χ1n) is 6.61. The van der Waals surface area contributed by atoms with E-state index < -0.39 is 0 Å². The number of anilines is 1. The summed E-state index contributed by atoms with van der Waals surface area (Å²) < 4.78 is 0. The van der Waals surface area contributed by atoms with Crippen molar-refractivity contribution < 1.29 is 4.79 Å². The van der Waals surface area contributed by atoms with Crippen LogP contribution in [0, 0.1) is 0 Å². The number of aryl methyl sites for hydroxylation is 1. The molecule has 1 aromatic rings. The summed E-state index contributed by atoms with van der Waals surface area (Å²) in [6.45, 7) is 7.57. The Balaban J connectivity index is 1.84. The molecule has 1 heterocycles. The topological polar surface area (TPSA) is 41.1 Å². The molecule has 2 rings (SSSR count). The van der Waals surface area contributed by atoms with Crippen LogP contribution in [-0.2, 0) is 17.6 Å². The van der Waals surface area contributed by atoms with Crippen LogP contribution < -0.4 is 10.6 Å². The van der Waals surface area contributed by atoms with Crippen molar-refractivity contribution in [3.8, 4) is 0 Å². The van der Waals surface area contributed by atoms with E-state index >= 15 is 0 Å². The maximum Gasteiger partial charge on any atom is 0.228 e. The van der Waals surface area contributed by atoms with Crippen LogP contribution in [0.4, 0.5) is 5.69 Å². The van der Waals surface area contributed by atoms with Gasteiger partial charge in [-0.15, -0.1) is 0 Å². The van der Waals surface area contributed by atoms with Crippen molar-refractivity contribution in [1.82, 2.24) is 5.32 Å². The monoisotopic (exact) mass is 246 g/mol. The molecule has 0 unspecified atom stereocenters. The van der Waals surface area contributed by atoms with E-state index in [9.17, 15) is 4.79 Å². The van der Waals surface area contributed by atoms with Gasteiger partial charge < -0.3 is 10.6 Å². The van der Waals surface area contributed by atoms with Crippen LogP contribution >= 0.6 is 0 Å². The first-order chi connectivity index (χ1) is 8.44. The Morgan fingerprint density at radius 2 is 2.11 bits per heavy atom. The molecule has 0 aromatic heterocycles. The molecule has 18 heavy (non-hydrogen) atoms. The van der Waals surface area contributed by atoms with E-state index in [2.05, 4.69) is 43.5 Å². The van der Waals surface area contributed by atoms with Gasteiger partial charge in [-0.1, -0.05) is 12.1 Å². The third kappa shape index (κ3) is 3.57. The van der Waals surface area contributed by atoms with Crippen LogP contribution in [0.3, 0.4) is 0 Å². The molecule has 0 atom stereocenters. The summed E-state index contributed by atoms with van der Waals surface area (Å²) in [5.41, 5.74) is 3.63. The second kappa shape index (κ2) is 5.11. The largest absolute Gasteiger partial charge is 0.326 e. The lowest BCUT2D eigenvalue weighted by Crippen LogP contribution is -2.36. The predicted octanol–water partition coefficient (Wildman–Crippen LogP) is 2.50. The highest BCUT2D eigenvalue weighted by Crippen LogP contribution is 2.24. The number of hydrogen-bond donors (Lipinski definition) is 2. The Kier molecular flexibility index (Phi) is 3.71. The van der Waals surface area contributed by atoms with Crippen LogP contribution in [0.1, 0.15) is 38.3 Å². The van der Waals surface area contributed by atoms with E-state index in [0.29, 0.717) is 6.42 Å². The average molecular weight is 246 g/mol. The van der Waals surface area contributed by atoms with Crippen LogP contribution in [0.2, 0.25) is 0 Å². The van der Waals surface area contributed by atoms with Crippen molar-refractivity contribution in [3.63, 3.8) is 0 Å².